The molecule has 0 saturated heterocycles. The van der Waals surface area contributed by atoms with Crippen molar-refractivity contribution in [2.75, 3.05) is 7.05 Å². The lowest BCUT2D eigenvalue weighted by Gasteiger charge is -1.94. The first-order valence-corrected chi connectivity index (χ1v) is 1.29. The summed E-state index contributed by atoms with van der Waals surface area (Å²) in [4.78, 5) is -0.181. The van der Waals surface area contributed by atoms with Crippen LogP contribution in [0.4, 0.5) is 0 Å². The standard InChI is InChI=1S/CH5N3O2/c1-2-4(6)3-5/h5H,1H3,(H,2,3)/p-1. The van der Waals surface area contributed by atoms with Crippen molar-refractivity contribution in [2.24, 2.45) is 5.28 Å². The van der Waals surface area contributed by atoms with Crippen molar-refractivity contribution in [3.05, 3.63) is 10.4 Å². The fourth-order valence-electron chi connectivity index (χ4n) is 0.0408. The minimum absolute atomic E-state index is 0.181. The number of nitrogens with one attached hydrogen (secondary N) is 1. The number of nitrogens with zero attached hydrogens (tertiary/aromatic N) is 2. The second-order valence-electron chi connectivity index (χ2n) is 0.578. The fraction of sp³-hybridized carbons (Fsp3) is 1.00. The highest BCUT2D eigenvalue weighted by atomic mass is 16.6. The van der Waals surface area contributed by atoms with Crippen LogP contribution in [-0.2, 0) is 0 Å². The van der Waals surface area contributed by atoms with Crippen molar-refractivity contribution in [3.63, 3.8) is 0 Å². The molecule has 0 rings (SSSR count). The summed E-state index contributed by atoms with van der Waals surface area (Å²) in [5.74, 6) is 0. The lowest BCUT2D eigenvalue weighted by molar-refractivity contribution is -0.581. The highest BCUT2D eigenvalue weighted by molar-refractivity contribution is 4.10. The van der Waals surface area contributed by atoms with Crippen LogP contribution >= 0.6 is 0 Å². The minimum Gasteiger partial charge on any atom is -0.737 e. The van der Waals surface area contributed by atoms with Crippen molar-refractivity contribution in [3.8, 4) is 0 Å². The molecule has 0 aliphatic rings. The zero-order valence-corrected chi connectivity index (χ0v) is 3.21. The van der Waals surface area contributed by atoms with E-state index in [9.17, 15) is 5.21 Å². The summed E-state index contributed by atoms with van der Waals surface area (Å²) < 4.78 is 0. The van der Waals surface area contributed by atoms with Crippen molar-refractivity contribution in [1.29, 1.82) is 0 Å². The molecule has 0 spiro atoms. The van der Waals surface area contributed by atoms with Gasteiger partial charge in [0.25, 0.3) is 0 Å². The van der Waals surface area contributed by atoms with E-state index in [4.69, 9.17) is 5.21 Å². The molecule has 5 heteroatoms. The highest BCUT2D eigenvalue weighted by Gasteiger charge is 1.68. The largest absolute Gasteiger partial charge is 0.737 e. The molecule has 36 valence electrons. The summed E-state index contributed by atoms with van der Waals surface area (Å²) in [6, 6.07) is 0. The van der Waals surface area contributed by atoms with Gasteiger partial charge < -0.3 is 10.4 Å². The minimum atomic E-state index is -0.181. The molecule has 0 bridgehead atoms. The van der Waals surface area contributed by atoms with Gasteiger partial charge in [-0.25, -0.2) is 0 Å². The third kappa shape index (κ3) is 1.33. The van der Waals surface area contributed by atoms with E-state index >= 15 is 0 Å². The van der Waals surface area contributed by atoms with Gasteiger partial charge in [-0.2, -0.15) is 5.43 Å². The van der Waals surface area contributed by atoms with Gasteiger partial charge in [-0.15, -0.1) is 0 Å². The van der Waals surface area contributed by atoms with Crippen molar-refractivity contribution in [2.45, 2.75) is 0 Å². The smallest absolute Gasteiger partial charge is 0.0628 e. The van der Waals surface area contributed by atoms with Crippen LogP contribution in [0.2, 0.25) is 0 Å². The van der Waals surface area contributed by atoms with Crippen LogP contribution < -0.4 is 5.43 Å². The maximum atomic E-state index is 9.51. The fourth-order valence-corrected chi connectivity index (χ4v) is 0.0408. The molecule has 0 aromatic rings. The summed E-state index contributed by atoms with van der Waals surface area (Å²) in [6.45, 7) is 0. The molecule has 0 unspecified atom stereocenters. The zero-order chi connectivity index (χ0) is 4.99. The lowest BCUT2D eigenvalue weighted by Crippen LogP contribution is -2.15. The average Bonchev–Trinajstić information content (AvgIpc) is 1.65. The predicted octanol–water partition coefficient (Wildman–Crippen LogP) is -0.419. The van der Waals surface area contributed by atoms with Crippen LogP contribution in [0.5, 0.6) is 0 Å². The van der Waals surface area contributed by atoms with Gasteiger partial charge in [0.15, 0.2) is 0 Å². The first-order valence-electron chi connectivity index (χ1n) is 1.29. The van der Waals surface area contributed by atoms with E-state index in [1.54, 1.807) is 0 Å². The van der Waals surface area contributed by atoms with Crippen LogP contribution in [0.1, 0.15) is 0 Å². The van der Waals surface area contributed by atoms with Crippen molar-refractivity contribution in [1.82, 2.24) is 5.43 Å². The molecule has 0 fully saturated rings. The zero-order valence-electron chi connectivity index (χ0n) is 3.21. The van der Waals surface area contributed by atoms with Crippen LogP contribution in [0.25, 0.3) is 0 Å². The maximum Gasteiger partial charge on any atom is 0.0628 e. The van der Waals surface area contributed by atoms with Gasteiger partial charge in [0.1, 0.15) is 0 Å². The average molecular weight is 90.1 g/mol. The Balaban J connectivity index is 3.22. The Morgan fingerprint density at radius 3 is 2.33 bits per heavy atom. The van der Waals surface area contributed by atoms with Gasteiger partial charge in [0.2, 0.25) is 0 Å². The molecule has 0 aliphatic carbocycles. The monoisotopic (exact) mass is 90.0 g/mol. The summed E-state index contributed by atoms with van der Waals surface area (Å²) >= 11 is 0. The van der Waals surface area contributed by atoms with E-state index < -0.39 is 0 Å². The molecule has 0 radical (unpaired) electrons. The third-order valence-electron chi connectivity index (χ3n) is 0.265. The summed E-state index contributed by atoms with van der Waals surface area (Å²) in [5, 5.41) is 20.5. The number of hydrogen-bond acceptors (Lipinski definition) is 3. The highest BCUT2D eigenvalue weighted by Crippen LogP contribution is 1.57. The number of hydrogen-bond donors (Lipinski definition) is 1. The Labute approximate surface area is 34.4 Å². The van der Waals surface area contributed by atoms with E-state index in [-0.39, 0.29) is 4.97 Å². The lowest BCUT2D eigenvalue weighted by atomic mass is 11.5. The second kappa shape index (κ2) is 2.25. The van der Waals surface area contributed by atoms with Crippen molar-refractivity contribution >= 4 is 0 Å². The first-order chi connectivity index (χ1) is 2.81. The Bertz CT molecular complexity index is 59.8. The predicted molar refractivity (Wildman–Crippen MR) is 18.5 cm³/mol. The van der Waals surface area contributed by atoms with Gasteiger partial charge in [-0.1, -0.05) is 0 Å². The molecule has 0 aliphatic heterocycles. The van der Waals surface area contributed by atoms with E-state index in [0.717, 1.165) is 0 Å². The Morgan fingerprint density at radius 2 is 2.33 bits per heavy atom. The van der Waals surface area contributed by atoms with Gasteiger partial charge in [0.05, 0.1) is 7.05 Å². The quantitative estimate of drug-likeness (QED) is 0.270. The number of rotatable bonds is 1. The van der Waals surface area contributed by atoms with Gasteiger partial charge in [0, 0.05) is 4.97 Å². The van der Waals surface area contributed by atoms with Crippen LogP contribution in [-0.4, -0.2) is 12.0 Å². The molecule has 0 aromatic carbocycles. The van der Waals surface area contributed by atoms with Crippen LogP contribution in [0.15, 0.2) is 5.28 Å². The van der Waals surface area contributed by atoms with Gasteiger partial charge in [-0.3, -0.25) is 0 Å². The summed E-state index contributed by atoms with van der Waals surface area (Å²) in [6.07, 6.45) is 0. The molecule has 0 atom stereocenters. The molecular weight excluding hydrogens is 86.0 g/mol. The molecular formula is CH4N3O2-. The van der Waals surface area contributed by atoms with Crippen LogP contribution in [0, 0.1) is 10.4 Å². The third-order valence-corrected chi connectivity index (χ3v) is 0.265. The van der Waals surface area contributed by atoms with Crippen LogP contribution in [0.3, 0.4) is 0 Å². The van der Waals surface area contributed by atoms with E-state index in [2.05, 4.69) is 0 Å². The Kier molecular flexibility index (Phi) is 1.88. The summed E-state index contributed by atoms with van der Waals surface area (Å²) in [7, 11) is 1.30. The Morgan fingerprint density at radius 1 is 1.83 bits per heavy atom. The summed E-state index contributed by atoms with van der Waals surface area (Å²) in [5.41, 5.74) is 1.91. The van der Waals surface area contributed by atoms with Gasteiger partial charge in [-0.05, 0) is 5.28 Å². The number of hydrazine groups is 1. The molecule has 0 heterocycles. The Hall–Kier alpha value is -1.00. The topological polar surface area (TPSA) is 73.5 Å². The molecule has 0 saturated carbocycles. The van der Waals surface area contributed by atoms with E-state index in [1.165, 1.54) is 7.05 Å². The normalized spacial score (nSPS) is 11.2. The first kappa shape index (κ1) is 5.00. The second-order valence-corrected chi connectivity index (χ2v) is 0.578. The molecule has 5 nitrogen and oxygen atoms in total. The molecule has 0 amide bonds. The van der Waals surface area contributed by atoms with Gasteiger partial charge >= 0.3 is 0 Å². The van der Waals surface area contributed by atoms with Crippen molar-refractivity contribution < 1.29 is 4.97 Å². The maximum absolute atomic E-state index is 9.51. The SMILES string of the molecule is CN/[N+]([O-])=N/[O-]. The van der Waals surface area contributed by atoms with E-state index in [0.29, 0.717) is 0 Å². The van der Waals surface area contributed by atoms with E-state index in [1.807, 2.05) is 10.7 Å². The molecule has 1 N–H and O–H groups in total. The molecule has 0 aromatic heterocycles. The molecule has 6 heavy (non-hydrogen) atoms.